The van der Waals surface area contributed by atoms with Gasteiger partial charge in [0.1, 0.15) is 0 Å². The zero-order valence-electron chi connectivity index (χ0n) is 10.8. The van der Waals surface area contributed by atoms with E-state index in [4.69, 9.17) is 0 Å². The quantitative estimate of drug-likeness (QED) is 0.917. The summed E-state index contributed by atoms with van der Waals surface area (Å²) in [4.78, 5) is 3.39. The van der Waals surface area contributed by atoms with Crippen molar-refractivity contribution in [2.45, 2.75) is 25.6 Å². The summed E-state index contributed by atoms with van der Waals surface area (Å²) >= 11 is 0. The van der Waals surface area contributed by atoms with Gasteiger partial charge in [-0.15, -0.1) is 0 Å². The van der Waals surface area contributed by atoms with Crippen LogP contribution in [0.4, 0.5) is 13.2 Å². The van der Waals surface area contributed by atoms with Gasteiger partial charge < -0.3 is 9.84 Å². The van der Waals surface area contributed by atoms with E-state index in [-0.39, 0.29) is 18.4 Å². The minimum atomic E-state index is -4.58. The number of alkyl halides is 3. The van der Waals surface area contributed by atoms with Crippen LogP contribution in [0.25, 0.3) is 0 Å². The lowest BCUT2D eigenvalue weighted by Crippen LogP contribution is -2.23. The molecule has 1 atom stereocenters. The van der Waals surface area contributed by atoms with Crippen LogP contribution in [0.3, 0.4) is 0 Å². The van der Waals surface area contributed by atoms with Gasteiger partial charge in [0.05, 0.1) is 0 Å². The third kappa shape index (κ3) is 3.57. The van der Waals surface area contributed by atoms with Gasteiger partial charge in [0.2, 0.25) is 5.89 Å². The maximum atomic E-state index is 12.4. The molecule has 4 nitrogen and oxygen atoms in total. The summed E-state index contributed by atoms with van der Waals surface area (Å²) in [5.41, 5.74) is 0.959. The van der Waals surface area contributed by atoms with Crippen molar-refractivity contribution in [2.75, 3.05) is 6.54 Å². The van der Waals surface area contributed by atoms with Gasteiger partial charge in [-0.2, -0.15) is 18.2 Å². The standard InChI is InChI=1S/C13H14F3N3O/c1-2-17-10(9-6-4-3-5-7-9)8-11-18-12(19-20-11)13(14,15)16/h3-7,10,17H,2,8H2,1H3. The molecule has 0 spiro atoms. The first-order chi connectivity index (χ1) is 9.50. The summed E-state index contributed by atoms with van der Waals surface area (Å²) in [5.74, 6) is -1.28. The average Bonchev–Trinajstić information content (AvgIpc) is 2.88. The van der Waals surface area contributed by atoms with E-state index in [1.807, 2.05) is 37.3 Å². The molecule has 7 heteroatoms. The van der Waals surface area contributed by atoms with Gasteiger partial charge in [0, 0.05) is 12.5 Å². The molecule has 0 saturated heterocycles. The molecule has 1 aromatic heterocycles. The topological polar surface area (TPSA) is 51.0 Å². The van der Waals surface area contributed by atoms with Gasteiger partial charge in [0.15, 0.2) is 0 Å². The number of halogens is 3. The molecule has 1 N–H and O–H groups in total. The molecular weight excluding hydrogens is 271 g/mol. The van der Waals surface area contributed by atoms with E-state index >= 15 is 0 Å². The van der Waals surface area contributed by atoms with Crippen LogP contribution >= 0.6 is 0 Å². The second-order valence-electron chi connectivity index (χ2n) is 4.23. The number of benzene rings is 1. The lowest BCUT2D eigenvalue weighted by atomic mass is 10.0. The van der Waals surface area contributed by atoms with Crippen LogP contribution in [0.2, 0.25) is 0 Å². The predicted molar refractivity (Wildman–Crippen MR) is 65.9 cm³/mol. The first-order valence-electron chi connectivity index (χ1n) is 6.18. The van der Waals surface area contributed by atoms with Gasteiger partial charge >= 0.3 is 6.18 Å². The molecule has 20 heavy (non-hydrogen) atoms. The summed E-state index contributed by atoms with van der Waals surface area (Å²) < 4.78 is 41.9. The largest absolute Gasteiger partial charge is 0.455 e. The number of nitrogens with one attached hydrogen (secondary N) is 1. The van der Waals surface area contributed by atoms with Crippen molar-refractivity contribution in [3.8, 4) is 0 Å². The monoisotopic (exact) mass is 285 g/mol. The Morgan fingerprint density at radius 3 is 2.50 bits per heavy atom. The Kier molecular flexibility index (Phi) is 4.39. The molecule has 2 rings (SSSR count). The Hall–Kier alpha value is -1.89. The Morgan fingerprint density at radius 1 is 1.25 bits per heavy atom. The van der Waals surface area contributed by atoms with E-state index in [0.29, 0.717) is 6.54 Å². The Balaban J connectivity index is 2.15. The molecule has 1 unspecified atom stereocenters. The fourth-order valence-corrected chi connectivity index (χ4v) is 1.87. The molecule has 2 aromatic rings. The fourth-order valence-electron chi connectivity index (χ4n) is 1.87. The Morgan fingerprint density at radius 2 is 1.95 bits per heavy atom. The molecule has 0 saturated carbocycles. The molecule has 1 aromatic carbocycles. The number of hydrogen-bond acceptors (Lipinski definition) is 4. The summed E-state index contributed by atoms with van der Waals surface area (Å²) in [6.07, 6.45) is -4.37. The normalized spacial score (nSPS) is 13.4. The molecule has 0 amide bonds. The van der Waals surface area contributed by atoms with Crippen LogP contribution in [0, 0.1) is 0 Å². The van der Waals surface area contributed by atoms with Gasteiger partial charge in [-0.05, 0) is 12.1 Å². The lowest BCUT2D eigenvalue weighted by molar-refractivity contribution is -0.146. The summed E-state index contributed by atoms with van der Waals surface area (Å²) in [6.45, 7) is 2.60. The van der Waals surface area contributed by atoms with Crippen molar-refractivity contribution in [2.24, 2.45) is 0 Å². The summed E-state index contributed by atoms with van der Waals surface area (Å²) in [7, 11) is 0. The van der Waals surface area contributed by atoms with Crippen molar-refractivity contribution in [1.29, 1.82) is 0 Å². The Bertz CT molecular complexity index is 539. The first kappa shape index (κ1) is 14.5. The van der Waals surface area contributed by atoms with Gasteiger partial charge in [-0.25, -0.2) is 0 Å². The molecule has 0 aliphatic rings. The predicted octanol–water partition coefficient (Wildman–Crippen LogP) is 2.98. The van der Waals surface area contributed by atoms with Crippen molar-refractivity contribution in [3.05, 3.63) is 47.6 Å². The zero-order valence-corrected chi connectivity index (χ0v) is 10.8. The van der Waals surface area contributed by atoms with Gasteiger partial charge in [-0.3, -0.25) is 0 Å². The third-order valence-corrected chi connectivity index (χ3v) is 2.75. The number of likely N-dealkylation sites (N-methyl/N-ethyl adjacent to an activating group) is 1. The zero-order chi connectivity index (χ0) is 14.6. The van der Waals surface area contributed by atoms with Crippen LogP contribution in [0.1, 0.15) is 30.2 Å². The smallest absolute Gasteiger partial charge is 0.339 e. The van der Waals surface area contributed by atoms with Crippen molar-refractivity contribution < 1.29 is 17.7 Å². The van der Waals surface area contributed by atoms with Crippen LogP contribution in [-0.2, 0) is 12.6 Å². The summed E-state index contributed by atoms with van der Waals surface area (Å²) in [6, 6.07) is 9.25. The minimum absolute atomic E-state index is 0.0351. The molecular formula is C13H14F3N3O. The van der Waals surface area contributed by atoms with Gasteiger partial charge in [-0.1, -0.05) is 42.4 Å². The molecule has 0 fully saturated rings. The maximum absolute atomic E-state index is 12.4. The fraction of sp³-hybridized carbons (Fsp3) is 0.385. The number of aromatic nitrogens is 2. The molecule has 0 radical (unpaired) electrons. The lowest BCUT2D eigenvalue weighted by Gasteiger charge is -2.16. The molecule has 108 valence electrons. The highest BCUT2D eigenvalue weighted by Crippen LogP contribution is 2.27. The Labute approximate surface area is 114 Å². The minimum Gasteiger partial charge on any atom is -0.339 e. The second-order valence-corrected chi connectivity index (χ2v) is 4.23. The maximum Gasteiger partial charge on any atom is 0.455 e. The highest BCUT2D eigenvalue weighted by molar-refractivity contribution is 5.19. The highest BCUT2D eigenvalue weighted by atomic mass is 19.4. The van der Waals surface area contributed by atoms with E-state index in [0.717, 1.165) is 5.56 Å². The number of rotatable bonds is 5. The van der Waals surface area contributed by atoms with E-state index < -0.39 is 12.0 Å². The van der Waals surface area contributed by atoms with Crippen LogP contribution in [0.15, 0.2) is 34.9 Å². The van der Waals surface area contributed by atoms with Crippen LogP contribution < -0.4 is 5.32 Å². The van der Waals surface area contributed by atoms with Crippen molar-refractivity contribution in [3.63, 3.8) is 0 Å². The third-order valence-electron chi connectivity index (χ3n) is 2.75. The van der Waals surface area contributed by atoms with E-state index in [1.54, 1.807) is 0 Å². The number of nitrogens with zero attached hydrogens (tertiary/aromatic N) is 2. The van der Waals surface area contributed by atoms with E-state index in [1.165, 1.54) is 0 Å². The SMILES string of the molecule is CCNC(Cc1nc(C(F)(F)F)no1)c1ccccc1. The molecule has 0 bridgehead atoms. The summed E-state index contributed by atoms with van der Waals surface area (Å²) in [5, 5.41) is 6.14. The van der Waals surface area contributed by atoms with Crippen molar-refractivity contribution in [1.82, 2.24) is 15.5 Å². The average molecular weight is 285 g/mol. The molecule has 1 heterocycles. The second kappa shape index (κ2) is 6.04. The van der Waals surface area contributed by atoms with Crippen LogP contribution in [0.5, 0.6) is 0 Å². The van der Waals surface area contributed by atoms with Crippen LogP contribution in [-0.4, -0.2) is 16.7 Å². The first-order valence-corrected chi connectivity index (χ1v) is 6.18. The molecule has 0 aliphatic heterocycles. The van der Waals surface area contributed by atoms with Gasteiger partial charge in [0.25, 0.3) is 5.82 Å². The molecule has 0 aliphatic carbocycles. The number of hydrogen-bond donors (Lipinski definition) is 1. The van der Waals surface area contributed by atoms with Crippen molar-refractivity contribution >= 4 is 0 Å². The van der Waals surface area contributed by atoms with E-state index in [9.17, 15) is 13.2 Å². The highest BCUT2D eigenvalue weighted by Gasteiger charge is 2.37. The van der Waals surface area contributed by atoms with E-state index in [2.05, 4.69) is 20.0 Å².